The van der Waals surface area contributed by atoms with Gasteiger partial charge in [0.25, 0.3) is 0 Å². The minimum absolute atomic E-state index is 0.123. The molecule has 5 nitrogen and oxygen atoms in total. The zero-order valence-corrected chi connectivity index (χ0v) is 17.5. The molecule has 1 unspecified atom stereocenters. The number of hydrogen-bond donors (Lipinski definition) is 1. The van der Waals surface area contributed by atoms with Gasteiger partial charge in [-0.2, -0.15) is 13.2 Å². The van der Waals surface area contributed by atoms with E-state index in [4.69, 9.17) is 11.6 Å². The van der Waals surface area contributed by atoms with E-state index >= 15 is 0 Å². The molecule has 2 aromatic rings. The van der Waals surface area contributed by atoms with Gasteiger partial charge in [-0.1, -0.05) is 24.6 Å². The van der Waals surface area contributed by atoms with Crippen molar-refractivity contribution in [2.45, 2.75) is 32.5 Å². The second-order valence-corrected chi connectivity index (χ2v) is 8.77. The number of carbonyl (C=O) groups excluding carboxylic acids is 1. The molecule has 0 heterocycles. The number of carbonyl (C=O) groups is 1. The van der Waals surface area contributed by atoms with E-state index in [1.165, 1.54) is 6.07 Å². The largest absolute Gasteiger partial charge is 0.416 e. The molecule has 0 aliphatic heterocycles. The molecule has 1 atom stereocenters. The van der Waals surface area contributed by atoms with Gasteiger partial charge in [0, 0.05) is 10.7 Å². The lowest BCUT2D eigenvalue weighted by Crippen LogP contribution is -2.47. The molecule has 0 radical (unpaired) electrons. The molecule has 0 saturated heterocycles. The lowest BCUT2D eigenvalue weighted by Gasteiger charge is -2.31. The number of amides is 1. The van der Waals surface area contributed by atoms with Crippen molar-refractivity contribution in [1.29, 1.82) is 0 Å². The quantitative estimate of drug-likeness (QED) is 0.687. The van der Waals surface area contributed by atoms with Crippen LogP contribution in [0, 0.1) is 6.92 Å². The average molecular weight is 449 g/mol. The van der Waals surface area contributed by atoms with Crippen LogP contribution in [-0.4, -0.2) is 26.6 Å². The molecular weight excluding hydrogens is 429 g/mol. The van der Waals surface area contributed by atoms with Crippen molar-refractivity contribution >= 4 is 38.9 Å². The smallest absolute Gasteiger partial charge is 0.324 e. The molecule has 0 bridgehead atoms. The molecule has 2 rings (SSSR count). The van der Waals surface area contributed by atoms with Crippen LogP contribution in [0.25, 0.3) is 0 Å². The third kappa shape index (κ3) is 5.63. The molecule has 0 aromatic heterocycles. The molecule has 0 aliphatic rings. The third-order valence-electron chi connectivity index (χ3n) is 4.22. The molecule has 0 fully saturated rings. The van der Waals surface area contributed by atoms with Crippen molar-refractivity contribution in [1.82, 2.24) is 0 Å². The number of nitrogens with zero attached hydrogens (tertiary/aromatic N) is 1. The van der Waals surface area contributed by atoms with Crippen molar-refractivity contribution < 1.29 is 26.4 Å². The van der Waals surface area contributed by atoms with Gasteiger partial charge in [0.15, 0.2) is 0 Å². The maximum Gasteiger partial charge on any atom is 0.416 e. The second kappa shape index (κ2) is 8.62. The van der Waals surface area contributed by atoms with Crippen molar-refractivity contribution in [3.8, 4) is 0 Å². The Morgan fingerprint density at radius 2 is 1.76 bits per heavy atom. The van der Waals surface area contributed by atoms with Gasteiger partial charge >= 0.3 is 6.18 Å². The Morgan fingerprint density at radius 1 is 1.17 bits per heavy atom. The molecule has 2 aromatic carbocycles. The second-order valence-electron chi connectivity index (χ2n) is 6.48. The van der Waals surface area contributed by atoms with Crippen molar-refractivity contribution in [2.75, 3.05) is 15.9 Å². The summed E-state index contributed by atoms with van der Waals surface area (Å²) in [5.41, 5.74) is 0.127. The first-order chi connectivity index (χ1) is 13.3. The number of benzene rings is 2. The van der Waals surface area contributed by atoms with Crippen molar-refractivity contribution in [3.63, 3.8) is 0 Å². The van der Waals surface area contributed by atoms with Crippen LogP contribution in [0.1, 0.15) is 24.5 Å². The van der Waals surface area contributed by atoms with Gasteiger partial charge in [0.1, 0.15) is 6.04 Å². The monoisotopic (exact) mass is 448 g/mol. The third-order valence-corrected chi connectivity index (χ3v) is 5.62. The lowest BCUT2D eigenvalue weighted by atomic mass is 10.1. The van der Waals surface area contributed by atoms with Crippen LogP contribution >= 0.6 is 11.6 Å². The number of halogens is 4. The van der Waals surface area contributed by atoms with Crippen LogP contribution in [0.15, 0.2) is 42.5 Å². The summed E-state index contributed by atoms with van der Waals surface area (Å²) in [6, 6.07) is 7.47. The molecule has 0 saturated carbocycles. The van der Waals surface area contributed by atoms with Gasteiger partial charge in [-0.15, -0.1) is 0 Å². The first kappa shape index (κ1) is 23.0. The van der Waals surface area contributed by atoms with Crippen LogP contribution in [0.4, 0.5) is 24.5 Å². The average Bonchev–Trinajstić information content (AvgIpc) is 2.60. The number of anilines is 2. The van der Waals surface area contributed by atoms with Gasteiger partial charge in [0.05, 0.1) is 17.5 Å². The fourth-order valence-corrected chi connectivity index (χ4v) is 4.25. The summed E-state index contributed by atoms with van der Waals surface area (Å²) in [4.78, 5) is 12.8. The van der Waals surface area contributed by atoms with Crippen LogP contribution in [0.2, 0.25) is 5.02 Å². The van der Waals surface area contributed by atoms with E-state index in [1.807, 2.05) is 0 Å². The summed E-state index contributed by atoms with van der Waals surface area (Å²) in [7, 11) is -3.87. The zero-order chi connectivity index (χ0) is 22.0. The highest BCUT2D eigenvalue weighted by Crippen LogP contribution is 2.31. The van der Waals surface area contributed by atoms with Gasteiger partial charge in [0.2, 0.25) is 15.9 Å². The van der Waals surface area contributed by atoms with Crippen molar-refractivity contribution in [2.24, 2.45) is 0 Å². The van der Waals surface area contributed by atoms with Gasteiger partial charge in [-0.25, -0.2) is 8.42 Å². The summed E-state index contributed by atoms with van der Waals surface area (Å²) >= 11 is 6.01. The van der Waals surface area contributed by atoms with Crippen LogP contribution in [0.5, 0.6) is 0 Å². The molecule has 29 heavy (non-hydrogen) atoms. The minimum Gasteiger partial charge on any atom is -0.324 e. The Morgan fingerprint density at radius 3 is 2.24 bits per heavy atom. The maximum absolute atomic E-state index is 12.8. The summed E-state index contributed by atoms with van der Waals surface area (Å²) in [5, 5.41) is 2.79. The van der Waals surface area contributed by atoms with E-state index in [1.54, 1.807) is 26.0 Å². The van der Waals surface area contributed by atoms with E-state index in [-0.39, 0.29) is 17.8 Å². The number of hydrogen-bond acceptors (Lipinski definition) is 3. The Hall–Kier alpha value is -2.26. The van der Waals surface area contributed by atoms with Gasteiger partial charge in [-0.05, 0) is 55.3 Å². The predicted molar refractivity (Wildman–Crippen MR) is 108 cm³/mol. The summed E-state index contributed by atoms with van der Waals surface area (Å²) < 4.78 is 64.0. The van der Waals surface area contributed by atoms with Gasteiger partial charge in [-0.3, -0.25) is 9.10 Å². The standard InChI is InChI=1S/C19H20ClF3N2O3S/c1-4-16(18(26)24-15-9-6-13(7-10-15)19(21,22)23)25(29(3,27)28)17-11-14(20)8-5-12(17)2/h5-11,16H,4H2,1-3H3,(H,24,26). The minimum atomic E-state index is -4.49. The molecule has 158 valence electrons. The maximum atomic E-state index is 12.8. The summed E-state index contributed by atoms with van der Waals surface area (Å²) in [6.07, 6.45) is -3.39. The Balaban J connectivity index is 2.37. The zero-order valence-electron chi connectivity index (χ0n) is 15.9. The number of rotatable bonds is 6. The highest BCUT2D eigenvalue weighted by Gasteiger charge is 2.33. The molecule has 0 spiro atoms. The number of alkyl halides is 3. The molecule has 1 amide bonds. The molecule has 1 N–H and O–H groups in total. The highest BCUT2D eigenvalue weighted by atomic mass is 35.5. The summed E-state index contributed by atoms with van der Waals surface area (Å²) in [5.74, 6) is -0.669. The fraction of sp³-hybridized carbons (Fsp3) is 0.316. The topological polar surface area (TPSA) is 66.5 Å². The van der Waals surface area contributed by atoms with E-state index in [0.717, 1.165) is 34.8 Å². The first-order valence-electron chi connectivity index (χ1n) is 8.58. The van der Waals surface area contributed by atoms with Gasteiger partial charge < -0.3 is 5.32 Å². The first-order valence-corrected chi connectivity index (χ1v) is 10.8. The molecule has 0 aliphatic carbocycles. The summed E-state index contributed by atoms with van der Waals surface area (Å²) in [6.45, 7) is 3.32. The Kier molecular flexibility index (Phi) is 6.85. The van der Waals surface area contributed by atoms with E-state index in [0.29, 0.717) is 10.6 Å². The normalized spacial score (nSPS) is 13.1. The van der Waals surface area contributed by atoms with Crippen molar-refractivity contribution in [3.05, 3.63) is 58.6 Å². The number of aryl methyl sites for hydroxylation is 1. The Bertz CT molecular complexity index is 993. The number of sulfonamides is 1. The van der Waals surface area contributed by atoms with Crippen LogP contribution in [0.3, 0.4) is 0 Å². The predicted octanol–water partition coefficient (Wildman–Crippen LogP) is 4.85. The fourth-order valence-electron chi connectivity index (χ4n) is 2.82. The highest BCUT2D eigenvalue weighted by molar-refractivity contribution is 7.92. The number of nitrogens with one attached hydrogen (secondary N) is 1. The van der Waals surface area contributed by atoms with Crippen LogP contribution in [-0.2, 0) is 21.0 Å². The lowest BCUT2D eigenvalue weighted by molar-refractivity contribution is -0.137. The van der Waals surface area contributed by atoms with E-state index in [2.05, 4.69) is 5.32 Å². The van der Waals surface area contributed by atoms with Crippen LogP contribution < -0.4 is 9.62 Å². The van der Waals surface area contributed by atoms with E-state index < -0.39 is 33.7 Å². The molecule has 10 heteroatoms. The SMILES string of the molecule is CCC(C(=O)Nc1ccc(C(F)(F)F)cc1)N(c1cc(Cl)ccc1C)S(C)(=O)=O. The Labute approximate surface area is 172 Å². The molecular formula is C19H20ClF3N2O3S. The van der Waals surface area contributed by atoms with E-state index in [9.17, 15) is 26.4 Å².